The number of hydrogen-bond acceptors (Lipinski definition) is 2. The lowest BCUT2D eigenvalue weighted by molar-refractivity contribution is 0.621. The number of nitrogens with one attached hydrogen (secondary N) is 1. The fourth-order valence-electron chi connectivity index (χ4n) is 1.34. The molecule has 84 valence electrons. The molecule has 0 fully saturated rings. The van der Waals surface area contributed by atoms with Crippen LogP contribution >= 0.6 is 11.8 Å². The minimum atomic E-state index is -0.153. The molecule has 1 aromatic carbocycles. The van der Waals surface area contributed by atoms with Gasteiger partial charge in [0.05, 0.1) is 0 Å². The van der Waals surface area contributed by atoms with Crippen LogP contribution in [0.2, 0.25) is 0 Å². The molecule has 1 rings (SSSR count). The molecule has 0 spiro atoms. The smallest absolute Gasteiger partial charge is 0.123 e. The summed E-state index contributed by atoms with van der Waals surface area (Å²) >= 11 is 1.81. The molecule has 0 aliphatic rings. The lowest BCUT2D eigenvalue weighted by Gasteiger charge is -2.08. The normalized spacial score (nSPS) is 10.6. The van der Waals surface area contributed by atoms with Gasteiger partial charge in [-0.05, 0) is 43.0 Å². The Morgan fingerprint density at radius 2 is 2.20 bits per heavy atom. The van der Waals surface area contributed by atoms with Crippen molar-refractivity contribution in [1.29, 1.82) is 0 Å². The van der Waals surface area contributed by atoms with Crippen LogP contribution in [0.15, 0.2) is 23.1 Å². The highest BCUT2D eigenvalue weighted by Crippen LogP contribution is 2.24. The van der Waals surface area contributed by atoms with Gasteiger partial charge in [0.25, 0.3) is 0 Å². The first-order chi connectivity index (χ1) is 7.27. The quantitative estimate of drug-likeness (QED) is 0.590. The summed E-state index contributed by atoms with van der Waals surface area (Å²) < 4.78 is 13.0. The summed E-state index contributed by atoms with van der Waals surface area (Å²) in [5, 5.41) is 3.06. The Morgan fingerprint density at radius 3 is 2.87 bits per heavy atom. The maximum atomic E-state index is 13.0. The molecule has 0 saturated carbocycles. The summed E-state index contributed by atoms with van der Waals surface area (Å²) in [5.41, 5.74) is 1.05. The topological polar surface area (TPSA) is 12.0 Å². The molecule has 0 aliphatic heterocycles. The van der Waals surface area contributed by atoms with Gasteiger partial charge in [0.15, 0.2) is 0 Å². The predicted molar refractivity (Wildman–Crippen MR) is 64.8 cm³/mol. The van der Waals surface area contributed by atoms with Gasteiger partial charge in [-0.15, -0.1) is 11.8 Å². The van der Waals surface area contributed by atoms with Crippen molar-refractivity contribution in [3.63, 3.8) is 0 Å². The first kappa shape index (κ1) is 12.5. The SMILES string of the molecule is CCCCSc1ccc(F)cc1CNC. The predicted octanol–water partition coefficient (Wildman–Crippen LogP) is 3.44. The molecule has 0 bridgehead atoms. The lowest BCUT2D eigenvalue weighted by atomic mass is 10.2. The largest absolute Gasteiger partial charge is 0.316 e. The molecular weight excluding hydrogens is 209 g/mol. The van der Waals surface area contributed by atoms with Gasteiger partial charge in [0, 0.05) is 11.4 Å². The van der Waals surface area contributed by atoms with Crippen LogP contribution in [0.4, 0.5) is 4.39 Å². The number of unbranched alkanes of at least 4 members (excludes halogenated alkanes) is 1. The maximum Gasteiger partial charge on any atom is 0.123 e. The second-order valence-corrected chi connectivity index (χ2v) is 4.62. The molecular formula is C12H18FNS. The van der Waals surface area contributed by atoms with Gasteiger partial charge in [0.2, 0.25) is 0 Å². The standard InChI is InChI=1S/C12H18FNS/c1-3-4-7-15-12-6-5-11(13)8-10(12)9-14-2/h5-6,8,14H,3-4,7,9H2,1-2H3. The van der Waals surface area contributed by atoms with Crippen LogP contribution in [0.25, 0.3) is 0 Å². The number of hydrogen-bond donors (Lipinski definition) is 1. The van der Waals surface area contributed by atoms with Crippen molar-refractivity contribution < 1.29 is 4.39 Å². The van der Waals surface area contributed by atoms with Crippen LogP contribution in [0.5, 0.6) is 0 Å². The molecule has 0 heterocycles. The van der Waals surface area contributed by atoms with E-state index in [-0.39, 0.29) is 5.82 Å². The highest BCUT2D eigenvalue weighted by Gasteiger charge is 2.03. The average molecular weight is 227 g/mol. The van der Waals surface area contributed by atoms with Crippen molar-refractivity contribution in [3.05, 3.63) is 29.6 Å². The third-order valence-electron chi connectivity index (χ3n) is 2.15. The highest BCUT2D eigenvalue weighted by atomic mass is 32.2. The molecule has 0 atom stereocenters. The van der Waals surface area contributed by atoms with Crippen molar-refractivity contribution in [2.24, 2.45) is 0 Å². The minimum absolute atomic E-state index is 0.153. The Hall–Kier alpha value is -0.540. The summed E-state index contributed by atoms with van der Waals surface area (Å²) in [5.74, 6) is 0.957. The van der Waals surface area contributed by atoms with E-state index in [1.165, 1.54) is 23.8 Å². The average Bonchev–Trinajstić information content (AvgIpc) is 2.22. The van der Waals surface area contributed by atoms with E-state index in [9.17, 15) is 4.39 Å². The van der Waals surface area contributed by atoms with Gasteiger partial charge in [-0.1, -0.05) is 13.3 Å². The van der Waals surface area contributed by atoms with Gasteiger partial charge in [0.1, 0.15) is 5.82 Å². The summed E-state index contributed by atoms with van der Waals surface area (Å²) in [4.78, 5) is 1.19. The van der Waals surface area contributed by atoms with Gasteiger partial charge >= 0.3 is 0 Å². The fourth-order valence-corrected chi connectivity index (χ4v) is 2.48. The van der Waals surface area contributed by atoms with Gasteiger partial charge in [-0.3, -0.25) is 0 Å². The number of benzene rings is 1. The summed E-state index contributed by atoms with van der Waals surface area (Å²) in [6.07, 6.45) is 2.41. The van der Waals surface area contributed by atoms with Crippen LogP contribution in [-0.4, -0.2) is 12.8 Å². The lowest BCUT2D eigenvalue weighted by Crippen LogP contribution is -2.06. The molecule has 0 aromatic heterocycles. The highest BCUT2D eigenvalue weighted by molar-refractivity contribution is 7.99. The van der Waals surface area contributed by atoms with Gasteiger partial charge in [-0.2, -0.15) is 0 Å². The van der Waals surface area contributed by atoms with Crippen LogP contribution in [-0.2, 0) is 6.54 Å². The first-order valence-electron chi connectivity index (χ1n) is 5.33. The molecule has 0 saturated heterocycles. The van der Waals surface area contributed by atoms with E-state index in [0.717, 1.165) is 17.9 Å². The zero-order valence-electron chi connectivity index (χ0n) is 9.35. The second-order valence-electron chi connectivity index (χ2n) is 3.48. The van der Waals surface area contributed by atoms with Crippen LogP contribution in [0, 0.1) is 5.82 Å². The first-order valence-corrected chi connectivity index (χ1v) is 6.32. The van der Waals surface area contributed by atoms with Crippen molar-refractivity contribution in [3.8, 4) is 0 Å². The molecule has 0 radical (unpaired) electrons. The molecule has 0 aliphatic carbocycles. The molecule has 1 aromatic rings. The third kappa shape index (κ3) is 4.22. The van der Waals surface area contributed by atoms with E-state index in [1.54, 1.807) is 6.07 Å². The van der Waals surface area contributed by atoms with Crippen LogP contribution in [0.3, 0.4) is 0 Å². The molecule has 1 nitrogen and oxygen atoms in total. The Kier molecular flexibility index (Phi) is 5.73. The maximum absolute atomic E-state index is 13.0. The number of rotatable bonds is 6. The minimum Gasteiger partial charge on any atom is -0.316 e. The molecule has 0 amide bonds. The third-order valence-corrected chi connectivity index (χ3v) is 3.35. The van der Waals surface area contributed by atoms with Crippen molar-refractivity contribution >= 4 is 11.8 Å². The van der Waals surface area contributed by atoms with Crippen molar-refractivity contribution in [1.82, 2.24) is 5.32 Å². The van der Waals surface area contributed by atoms with E-state index in [0.29, 0.717) is 0 Å². The monoisotopic (exact) mass is 227 g/mol. The molecule has 1 N–H and O–H groups in total. The van der Waals surface area contributed by atoms with Crippen molar-refractivity contribution in [2.75, 3.05) is 12.8 Å². The molecule has 15 heavy (non-hydrogen) atoms. The van der Waals surface area contributed by atoms with E-state index in [2.05, 4.69) is 12.2 Å². The second kappa shape index (κ2) is 6.85. The summed E-state index contributed by atoms with van der Waals surface area (Å²) in [7, 11) is 1.88. The van der Waals surface area contributed by atoms with Gasteiger partial charge < -0.3 is 5.32 Å². The Labute approximate surface area is 95.5 Å². The summed E-state index contributed by atoms with van der Waals surface area (Å²) in [6, 6.07) is 5.03. The van der Waals surface area contributed by atoms with E-state index in [4.69, 9.17) is 0 Å². The summed E-state index contributed by atoms with van der Waals surface area (Å²) in [6.45, 7) is 2.91. The fraction of sp³-hybridized carbons (Fsp3) is 0.500. The van der Waals surface area contributed by atoms with Crippen LogP contribution in [0.1, 0.15) is 25.3 Å². The molecule has 0 unspecified atom stereocenters. The Balaban J connectivity index is 2.67. The van der Waals surface area contributed by atoms with E-state index in [1.807, 2.05) is 24.9 Å². The van der Waals surface area contributed by atoms with Gasteiger partial charge in [-0.25, -0.2) is 4.39 Å². The van der Waals surface area contributed by atoms with E-state index < -0.39 is 0 Å². The van der Waals surface area contributed by atoms with E-state index >= 15 is 0 Å². The number of thioether (sulfide) groups is 1. The number of halogens is 1. The Morgan fingerprint density at radius 1 is 1.40 bits per heavy atom. The molecule has 3 heteroatoms. The van der Waals surface area contributed by atoms with Crippen LogP contribution < -0.4 is 5.32 Å². The zero-order valence-corrected chi connectivity index (χ0v) is 10.2. The van der Waals surface area contributed by atoms with Crippen molar-refractivity contribution in [2.45, 2.75) is 31.2 Å². The zero-order chi connectivity index (χ0) is 11.1. The Bertz CT molecular complexity index is 302.